The molecule has 3 nitrogen and oxygen atoms in total. The van der Waals surface area contributed by atoms with Gasteiger partial charge in [-0.2, -0.15) is 0 Å². The normalized spacial score (nSPS) is 12.3. The highest BCUT2D eigenvalue weighted by Gasteiger charge is 2.16. The van der Waals surface area contributed by atoms with Gasteiger partial charge in [0.2, 0.25) is 0 Å². The number of rotatable bonds is 5. The van der Waals surface area contributed by atoms with Crippen molar-refractivity contribution in [1.29, 1.82) is 0 Å². The van der Waals surface area contributed by atoms with Crippen LogP contribution in [0.25, 0.3) is 38.6 Å². The molecule has 170 valence electrons. The molecule has 35 heavy (non-hydrogen) atoms. The number of nitrogen functional groups attached to an aromatic ring is 1. The summed E-state index contributed by atoms with van der Waals surface area (Å²) in [5.74, 6) is 0. The van der Waals surface area contributed by atoms with Gasteiger partial charge in [0.05, 0.1) is 11.0 Å². The van der Waals surface area contributed by atoms with E-state index in [1.54, 1.807) is 0 Å². The van der Waals surface area contributed by atoms with Gasteiger partial charge in [0, 0.05) is 33.8 Å². The van der Waals surface area contributed by atoms with Crippen molar-refractivity contribution in [3.05, 3.63) is 132 Å². The summed E-state index contributed by atoms with van der Waals surface area (Å²) < 4.78 is 2.31. The van der Waals surface area contributed by atoms with E-state index in [4.69, 9.17) is 11.5 Å². The lowest BCUT2D eigenvalue weighted by Crippen LogP contribution is -2.13. The van der Waals surface area contributed by atoms with Crippen molar-refractivity contribution < 1.29 is 0 Å². The van der Waals surface area contributed by atoms with Crippen LogP contribution in [-0.4, -0.2) is 4.57 Å². The molecule has 6 aromatic rings. The minimum atomic E-state index is -0.0475. The number of para-hydroxylation sites is 1. The standard InChI is InChI=1S/C32H27N3/c33-29(24-13-5-2-6-14-24)19-22-10-9-15-25(18-22)35-31-17-8-7-16-26(31)28-20-27(30(34)21-32(28)35)23-11-3-1-4-12-23/h1-18,20-21,29H,19,33-34H2/t29-/m1/s1. The molecule has 0 saturated heterocycles. The first-order valence-corrected chi connectivity index (χ1v) is 12.0. The smallest absolute Gasteiger partial charge is 0.0562 e. The first-order valence-electron chi connectivity index (χ1n) is 12.0. The fourth-order valence-corrected chi connectivity index (χ4v) is 5.07. The number of hydrogen-bond acceptors (Lipinski definition) is 2. The quantitative estimate of drug-likeness (QED) is 0.270. The Balaban J connectivity index is 1.49. The number of anilines is 1. The summed E-state index contributed by atoms with van der Waals surface area (Å²) >= 11 is 0. The maximum atomic E-state index is 6.62. The van der Waals surface area contributed by atoms with Crippen LogP contribution in [0.15, 0.2) is 121 Å². The number of aromatic nitrogens is 1. The Morgan fingerprint density at radius 1 is 0.629 bits per heavy atom. The Morgan fingerprint density at radius 3 is 2.14 bits per heavy atom. The number of nitrogens with two attached hydrogens (primary N) is 2. The van der Waals surface area contributed by atoms with Gasteiger partial charge in [0.25, 0.3) is 0 Å². The highest BCUT2D eigenvalue weighted by Crippen LogP contribution is 2.38. The lowest BCUT2D eigenvalue weighted by molar-refractivity contribution is 0.721. The van der Waals surface area contributed by atoms with Gasteiger partial charge in [-0.25, -0.2) is 0 Å². The average Bonchev–Trinajstić information content (AvgIpc) is 3.22. The molecule has 5 aromatic carbocycles. The van der Waals surface area contributed by atoms with E-state index in [2.05, 4.69) is 89.5 Å². The van der Waals surface area contributed by atoms with E-state index in [1.165, 1.54) is 16.3 Å². The van der Waals surface area contributed by atoms with Crippen molar-refractivity contribution >= 4 is 27.5 Å². The summed E-state index contributed by atoms with van der Waals surface area (Å²) in [4.78, 5) is 0. The average molecular weight is 454 g/mol. The third kappa shape index (κ3) is 3.86. The van der Waals surface area contributed by atoms with Gasteiger partial charge < -0.3 is 16.0 Å². The van der Waals surface area contributed by atoms with E-state index in [-0.39, 0.29) is 6.04 Å². The highest BCUT2D eigenvalue weighted by molar-refractivity contribution is 6.12. The van der Waals surface area contributed by atoms with E-state index in [9.17, 15) is 0 Å². The van der Waals surface area contributed by atoms with Crippen LogP contribution in [0.5, 0.6) is 0 Å². The molecule has 0 aliphatic carbocycles. The molecule has 0 amide bonds. The predicted molar refractivity (Wildman–Crippen MR) is 148 cm³/mol. The van der Waals surface area contributed by atoms with Crippen LogP contribution in [0.2, 0.25) is 0 Å². The summed E-state index contributed by atoms with van der Waals surface area (Å²) in [6.45, 7) is 0. The molecule has 0 bridgehead atoms. The lowest BCUT2D eigenvalue weighted by atomic mass is 9.99. The van der Waals surface area contributed by atoms with Crippen molar-refractivity contribution in [3.8, 4) is 16.8 Å². The zero-order chi connectivity index (χ0) is 23.8. The molecular formula is C32H27N3. The highest BCUT2D eigenvalue weighted by atomic mass is 15.0. The Kier molecular flexibility index (Phi) is 5.32. The second-order valence-corrected chi connectivity index (χ2v) is 9.07. The minimum Gasteiger partial charge on any atom is -0.398 e. The van der Waals surface area contributed by atoms with Gasteiger partial charge in [-0.3, -0.25) is 0 Å². The molecule has 0 saturated carbocycles. The Morgan fingerprint density at radius 2 is 1.34 bits per heavy atom. The van der Waals surface area contributed by atoms with Crippen LogP contribution in [-0.2, 0) is 6.42 Å². The number of benzene rings is 5. The van der Waals surface area contributed by atoms with Gasteiger partial charge in [-0.15, -0.1) is 0 Å². The first kappa shape index (κ1) is 21.2. The molecule has 0 radical (unpaired) electrons. The molecule has 0 spiro atoms. The Labute approximate surface area is 205 Å². The van der Waals surface area contributed by atoms with Crippen molar-refractivity contribution in [1.82, 2.24) is 4.57 Å². The summed E-state index contributed by atoms with van der Waals surface area (Å²) in [6.07, 6.45) is 0.773. The molecule has 1 heterocycles. The minimum absolute atomic E-state index is 0.0475. The third-order valence-electron chi connectivity index (χ3n) is 6.78. The molecule has 4 N–H and O–H groups in total. The van der Waals surface area contributed by atoms with Gasteiger partial charge in [0.15, 0.2) is 0 Å². The predicted octanol–water partition coefficient (Wildman–Crippen LogP) is 7.28. The van der Waals surface area contributed by atoms with Crippen LogP contribution in [0, 0.1) is 0 Å². The van der Waals surface area contributed by atoms with Crippen LogP contribution in [0.1, 0.15) is 17.2 Å². The summed E-state index contributed by atoms with van der Waals surface area (Å²) in [5.41, 5.74) is 21.9. The molecule has 1 atom stereocenters. The molecule has 0 aliphatic heterocycles. The zero-order valence-electron chi connectivity index (χ0n) is 19.4. The molecule has 3 heteroatoms. The van der Waals surface area contributed by atoms with Gasteiger partial charge in [-0.05, 0) is 53.4 Å². The lowest BCUT2D eigenvalue weighted by Gasteiger charge is -2.14. The maximum Gasteiger partial charge on any atom is 0.0562 e. The molecule has 1 aromatic heterocycles. The number of hydrogen-bond donors (Lipinski definition) is 2. The van der Waals surface area contributed by atoms with Crippen LogP contribution < -0.4 is 11.5 Å². The van der Waals surface area contributed by atoms with E-state index in [0.717, 1.165) is 45.5 Å². The third-order valence-corrected chi connectivity index (χ3v) is 6.78. The Bertz CT molecular complexity index is 1630. The molecule has 0 fully saturated rings. The van der Waals surface area contributed by atoms with Crippen LogP contribution in [0.3, 0.4) is 0 Å². The van der Waals surface area contributed by atoms with Gasteiger partial charge in [0.1, 0.15) is 0 Å². The van der Waals surface area contributed by atoms with E-state index in [0.29, 0.717) is 0 Å². The fraction of sp³-hybridized carbons (Fsp3) is 0.0625. The van der Waals surface area contributed by atoms with Gasteiger partial charge >= 0.3 is 0 Å². The van der Waals surface area contributed by atoms with Crippen molar-refractivity contribution in [2.75, 3.05) is 5.73 Å². The first-order chi connectivity index (χ1) is 17.2. The van der Waals surface area contributed by atoms with Crippen molar-refractivity contribution in [2.24, 2.45) is 5.73 Å². The fourth-order valence-electron chi connectivity index (χ4n) is 5.07. The molecule has 0 aliphatic rings. The zero-order valence-corrected chi connectivity index (χ0v) is 19.4. The number of nitrogens with zero attached hydrogens (tertiary/aromatic N) is 1. The largest absolute Gasteiger partial charge is 0.398 e. The Hall–Kier alpha value is -4.34. The maximum absolute atomic E-state index is 6.62. The van der Waals surface area contributed by atoms with Crippen LogP contribution in [0.4, 0.5) is 5.69 Å². The number of fused-ring (bicyclic) bond motifs is 3. The summed E-state index contributed by atoms with van der Waals surface area (Å²) in [7, 11) is 0. The van der Waals surface area contributed by atoms with E-state index >= 15 is 0 Å². The second-order valence-electron chi connectivity index (χ2n) is 9.07. The van der Waals surface area contributed by atoms with Crippen molar-refractivity contribution in [3.63, 3.8) is 0 Å². The monoisotopic (exact) mass is 453 g/mol. The topological polar surface area (TPSA) is 57.0 Å². The summed E-state index contributed by atoms with van der Waals surface area (Å²) in [6, 6.07) is 42.1. The van der Waals surface area contributed by atoms with Gasteiger partial charge in [-0.1, -0.05) is 91.0 Å². The second kappa shape index (κ2) is 8.79. The summed E-state index contributed by atoms with van der Waals surface area (Å²) in [5, 5.41) is 2.41. The molecule has 0 unspecified atom stereocenters. The molecule has 6 rings (SSSR count). The van der Waals surface area contributed by atoms with Crippen LogP contribution >= 0.6 is 0 Å². The van der Waals surface area contributed by atoms with E-state index < -0.39 is 0 Å². The SMILES string of the molecule is Nc1cc2c(cc1-c1ccccc1)c1ccccc1n2-c1cccc(C[C@@H](N)c2ccccc2)c1. The van der Waals surface area contributed by atoms with E-state index in [1.807, 2.05) is 36.4 Å². The van der Waals surface area contributed by atoms with Crippen molar-refractivity contribution in [2.45, 2.75) is 12.5 Å². The molecular weight excluding hydrogens is 426 g/mol.